The minimum Gasteiger partial charge on any atom is -0.322 e. The van der Waals surface area contributed by atoms with Gasteiger partial charge in [0, 0.05) is 11.5 Å². The normalized spacial score (nSPS) is 24.3. The van der Waals surface area contributed by atoms with E-state index in [0.717, 1.165) is 35.7 Å². The highest BCUT2D eigenvalue weighted by Crippen LogP contribution is 2.32. The molecule has 134 valence electrons. The van der Waals surface area contributed by atoms with Crippen LogP contribution in [0.25, 0.3) is 0 Å². The third kappa shape index (κ3) is 3.06. The molecule has 2 heterocycles. The van der Waals surface area contributed by atoms with Crippen LogP contribution >= 0.6 is 11.8 Å². The van der Waals surface area contributed by atoms with E-state index in [1.807, 2.05) is 73.3 Å². The molecule has 0 unspecified atom stereocenters. The molecule has 2 amide bonds. The fourth-order valence-corrected chi connectivity index (χ4v) is 4.99. The second-order valence-corrected chi connectivity index (χ2v) is 8.21. The Morgan fingerprint density at radius 3 is 2.23 bits per heavy atom. The molecule has 0 bridgehead atoms. The van der Waals surface area contributed by atoms with Gasteiger partial charge in [-0.05, 0) is 24.6 Å². The lowest BCUT2D eigenvalue weighted by atomic mass is 9.92. The van der Waals surface area contributed by atoms with Gasteiger partial charge in [0.2, 0.25) is 5.91 Å². The topological polar surface area (TPSA) is 41.8 Å². The Balaban J connectivity index is 1.75. The van der Waals surface area contributed by atoms with Gasteiger partial charge in [0.1, 0.15) is 5.92 Å². The van der Waals surface area contributed by atoms with Crippen molar-refractivity contribution in [3.05, 3.63) is 65.7 Å². The number of aryl methyl sites for hydroxylation is 1. The first-order valence-electron chi connectivity index (χ1n) is 9.08. The van der Waals surface area contributed by atoms with E-state index in [-0.39, 0.29) is 17.9 Å². The van der Waals surface area contributed by atoms with Crippen molar-refractivity contribution in [2.75, 3.05) is 29.5 Å². The predicted octanol–water partition coefficient (Wildman–Crippen LogP) is 1.65. The standard InChI is InChI=1S/C21H22N2O2S/c1-15-7-9-17(10-8-15)23-20(24)18(16-5-3-2-4-6-16)19(21(23)25)22-11-13-26-14-12-22/h2-10,18-19H,11-14H2,1H3/p+1/t18-,19+/m0/s1. The first kappa shape index (κ1) is 17.3. The van der Waals surface area contributed by atoms with Crippen molar-refractivity contribution in [2.24, 2.45) is 0 Å². The summed E-state index contributed by atoms with van der Waals surface area (Å²) >= 11 is 1.92. The highest BCUT2D eigenvalue weighted by molar-refractivity contribution is 7.99. The second-order valence-electron chi connectivity index (χ2n) is 6.98. The van der Waals surface area contributed by atoms with Gasteiger partial charge in [0.05, 0.1) is 18.8 Å². The molecule has 0 saturated carbocycles. The summed E-state index contributed by atoms with van der Waals surface area (Å²) < 4.78 is 0. The highest BCUT2D eigenvalue weighted by atomic mass is 32.2. The maximum atomic E-state index is 13.4. The molecule has 2 fully saturated rings. The number of rotatable bonds is 3. The molecule has 4 rings (SSSR count). The minimum atomic E-state index is -0.400. The van der Waals surface area contributed by atoms with Crippen molar-refractivity contribution in [1.82, 2.24) is 0 Å². The molecule has 0 spiro atoms. The van der Waals surface area contributed by atoms with Crippen molar-refractivity contribution in [3.63, 3.8) is 0 Å². The smallest absolute Gasteiger partial charge is 0.293 e. The van der Waals surface area contributed by atoms with Gasteiger partial charge in [-0.2, -0.15) is 11.8 Å². The zero-order valence-corrected chi connectivity index (χ0v) is 15.7. The number of hydrogen-bond donors (Lipinski definition) is 1. The van der Waals surface area contributed by atoms with E-state index in [0.29, 0.717) is 5.69 Å². The second kappa shape index (κ2) is 7.25. The van der Waals surface area contributed by atoms with Crippen LogP contribution in [0.2, 0.25) is 0 Å². The molecule has 5 heteroatoms. The number of amides is 2. The molecular weight excluding hydrogens is 344 g/mol. The lowest BCUT2D eigenvalue weighted by molar-refractivity contribution is -0.912. The summed E-state index contributed by atoms with van der Waals surface area (Å²) in [5, 5.41) is 0. The van der Waals surface area contributed by atoms with Gasteiger partial charge in [-0.3, -0.25) is 9.59 Å². The van der Waals surface area contributed by atoms with E-state index < -0.39 is 5.92 Å². The largest absolute Gasteiger partial charge is 0.322 e. The van der Waals surface area contributed by atoms with Crippen LogP contribution in [0, 0.1) is 6.92 Å². The molecule has 0 aromatic heterocycles. The van der Waals surface area contributed by atoms with Crippen molar-refractivity contribution < 1.29 is 14.5 Å². The molecule has 2 atom stereocenters. The molecule has 0 radical (unpaired) electrons. The molecule has 2 aromatic carbocycles. The van der Waals surface area contributed by atoms with E-state index in [4.69, 9.17) is 0 Å². The van der Waals surface area contributed by atoms with Crippen LogP contribution in [0.1, 0.15) is 17.0 Å². The quantitative estimate of drug-likeness (QED) is 0.839. The number of hydrogen-bond acceptors (Lipinski definition) is 3. The van der Waals surface area contributed by atoms with E-state index in [1.165, 1.54) is 9.80 Å². The number of nitrogens with zero attached hydrogens (tertiary/aromatic N) is 1. The Morgan fingerprint density at radius 1 is 0.923 bits per heavy atom. The Morgan fingerprint density at radius 2 is 1.58 bits per heavy atom. The van der Waals surface area contributed by atoms with Crippen LogP contribution in [-0.4, -0.2) is 42.5 Å². The van der Waals surface area contributed by atoms with Gasteiger partial charge in [0.25, 0.3) is 5.91 Å². The highest BCUT2D eigenvalue weighted by Gasteiger charge is 2.54. The Kier molecular flexibility index (Phi) is 4.83. The van der Waals surface area contributed by atoms with Crippen LogP contribution in [-0.2, 0) is 9.59 Å². The maximum Gasteiger partial charge on any atom is 0.293 e. The average molecular weight is 367 g/mol. The SMILES string of the molecule is Cc1ccc(N2C(=O)[C@@H](c3ccccc3)[C@@H]([NH+]3CCSCC3)C2=O)cc1. The van der Waals surface area contributed by atoms with Gasteiger partial charge >= 0.3 is 0 Å². The van der Waals surface area contributed by atoms with Crippen LogP contribution in [0.5, 0.6) is 0 Å². The third-order valence-electron chi connectivity index (χ3n) is 5.33. The van der Waals surface area contributed by atoms with Gasteiger partial charge in [-0.15, -0.1) is 0 Å². The molecule has 0 aliphatic carbocycles. The van der Waals surface area contributed by atoms with Crippen molar-refractivity contribution in [3.8, 4) is 0 Å². The molecule has 2 saturated heterocycles. The molecule has 2 aromatic rings. The van der Waals surface area contributed by atoms with Crippen molar-refractivity contribution in [2.45, 2.75) is 18.9 Å². The van der Waals surface area contributed by atoms with E-state index in [2.05, 4.69) is 0 Å². The van der Waals surface area contributed by atoms with Crippen molar-refractivity contribution in [1.29, 1.82) is 0 Å². The summed E-state index contributed by atoms with van der Waals surface area (Å²) in [4.78, 5) is 29.4. The zero-order chi connectivity index (χ0) is 18.1. The average Bonchev–Trinajstić information content (AvgIpc) is 2.94. The first-order valence-corrected chi connectivity index (χ1v) is 10.2. The van der Waals surface area contributed by atoms with Crippen LogP contribution < -0.4 is 9.80 Å². The number of anilines is 1. The Hall–Kier alpha value is -2.11. The predicted molar refractivity (Wildman–Crippen MR) is 105 cm³/mol. The maximum absolute atomic E-state index is 13.4. The van der Waals surface area contributed by atoms with Gasteiger partial charge in [0.15, 0.2) is 6.04 Å². The number of benzene rings is 2. The minimum absolute atomic E-state index is 0.0605. The zero-order valence-electron chi connectivity index (χ0n) is 14.9. The summed E-state index contributed by atoms with van der Waals surface area (Å²) in [6, 6.07) is 17.1. The van der Waals surface area contributed by atoms with Gasteiger partial charge < -0.3 is 4.90 Å². The molecule has 1 N–H and O–H groups in total. The first-order chi connectivity index (χ1) is 12.7. The number of quaternary nitrogens is 1. The number of carbonyl (C=O) groups excluding carboxylic acids is 2. The molecule has 26 heavy (non-hydrogen) atoms. The summed E-state index contributed by atoms with van der Waals surface area (Å²) in [5.41, 5.74) is 2.73. The van der Waals surface area contributed by atoms with Gasteiger partial charge in [-0.1, -0.05) is 48.0 Å². The van der Waals surface area contributed by atoms with Crippen LogP contribution in [0.4, 0.5) is 5.69 Å². The summed E-state index contributed by atoms with van der Waals surface area (Å²) in [6.07, 6.45) is 0. The summed E-state index contributed by atoms with van der Waals surface area (Å²) in [7, 11) is 0. The van der Waals surface area contributed by atoms with Crippen LogP contribution in [0.3, 0.4) is 0 Å². The Labute approximate surface area is 158 Å². The number of imide groups is 1. The molecular formula is C21H23N2O2S+. The monoisotopic (exact) mass is 367 g/mol. The van der Waals surface area contributed by atoms with Crippen LogP contribution in [0.15, 0.2) is 54.6 Å². The fraction of sp³-hybridized carbons (Fsp3) is 0.333. The van der Waals surface area contributed by atoms with E-state index >= 15 is 0 Å². The lowest BCUT2D eigenvalue weighted by Crippen LogP contribution is -3.18. The lowest BCUT2D eigenvalue weighted by Gasteiger charge is -2.30. The molecule has 2 aliphatic rings. The van der Waals surface area contributed by atoms with Crippen molar-refractivity contribution >= 4 is 29.3 Å². The summed E-state index contributed by atoms with van der Waals surface area (Å²) in [5.74, 6) is 1.53. The Bertz CT molecular complexity index is 801. The van der Waals surface area contributed by atoms with E-state index in [1.54, 1.807) is 0 Å². The number of nitrogens with one attached hydrogen (secondary N) is 1. The van der Waals surface area contributed by atoms with E-state index in [9.17, 15) is 9.59 Å². The van der Waals surface area contributed by atoms with Gasteiger partial charge in [-0.25, -0.2) is 4.90 Å². The molecule has 4 nitrogen and oxygen atoms in total. The number of carbonyl (C=O) groups is 2. The third-order valence-corrected chi connectivity index (χ3v) is 6.32. The summed E-state index contributed by atoms with van der Waals surface area (Å²) in [6.45, 7) is 3.86. The fourth-order valence-electron chi connectivity index (χ4n) is 3.97. The number of thioether (sulfide) groups is 1. The molecule has 2 aliphatic heterocycles.